The summed E-state index contributed by atoms with van der Waals surface area (Å²) in [4.78, 5) is 52.5. The maximum Gasteiger partial charge on any atom is 0.351 e. The summed E-state index contributed by atoms with van der Waals surface area (Å²) in [6.45, 7) is 8.25. The number of nitrogen functional groups attached to an aromatic ring is 1. The zero-order valence-electron chi connectivity index (χ0n) is 29.9. The minimum Gasteiger partial charge on any atom is -0.489 e. The molecule has 4 heterocycles. The Hall–Kier alpha value is -4.90. The molecule has 1 aromatic carbocycles. The first-order valence-electron chi connectivity index (χ1n) is 16.9. The van der Waals surface area contributed by atoms with E-state index in [1.165, 1.54) is 18.5 Å². The summed E-state index contributed by atoms with van der Waals surface area (Å²) in [5.41, 5.74) is 7.58. The fourth-order valence-corrected chi connectivity index (χ4v) is 6.56. The fraction of sp³-hybridized carbons (Fsp3) is 0.400. The number of aliphatic hydroxyl groups is 2. The third kappa shape index (κ3) is 8.84. The van der Waals surface area contributed by atoms with Crippen LogP contribution in [0.15, 0.2) is 72.4 Å². The van der Waals surface area contributed by atoms with Crippen LogP contribution in [0.5, 0.6) is 5.75 Å². The van der Waals surface area contributed by atoms with Gasteiger partial charge in [-0.2, -0.15) is 4.98 Å². The molecule has 1 saturated heterocycles. The van der Waals surface area contributed by atoms with Crippen LogP contribution in [0, 0.1) is 0 Å². The van der Waals surface area contributed by atoms with Gasteiger partial charge < -0.3 is 49.2 Å². The molecule has 1 aliphatic heterocycles. The molecule has 0 spiro atoms. The van der Waals surface area contributed by atoms with Crippen molar-refractivity contribution in [3.05, 3.63) is 95.1 Å². The van der Waals surface area contributed by atoms with Gasteiger partial charge in [0, 0.05) is 39.0 Å². The number of hydrogen-bond acceptors (Lipinski definition) is 13. The van der Waals surface area contributed by atoms with Crippen molar-refractivity contribution in [2.24, 2.45) is 0 Å². The number of rotatable bonds is 16. The quantitative estimate of drug-likeness (QED) is 0.121. The molecule has 18 heteroatoms. The SMILES string of the molecule is C=CN(C)c1nc(-c2ccccc2C(C)C)n(Cc2ccc(OC[C@H]3O[C@@H](n4ccc(N)nc4=O)[C@H](O)[C@@H]3O[PH](=O)O)cn2)c1C(=O)N(C)CCCO. The smallest absolute Gasteiger partial charge is 0.351 e. The van der Waals surface area contributed by atoms with E-state index in [4.69, 9.17) is 24.7 Å². The number of benzene rings is 1. The molecule has 0 bridgehead atoms. The normalized spacial score (nSPS) is 18.9. The van der Waals surface area contributed by atoms with Crippen LogP contribution in [0.3, 0.4) is 0 Å². The van der Waals surface area contributed by atoms with Gasteiger partial charge in [0.1, 0.15) is 42.3 Å². The summed E-state index contributed by atoms with van der Waals surface area (Å²) < 4.78 is 31.4. The molecule has 5 N–H and O–H groups in total. The van der Waals surface area contributed by atoms with Crippen molar-refractivity contribution in [3.8, 4) is 17.1 Å². The van der Waals surface area contributed by atoms with Gasteiger partial charge in [-0.3, -0.25) is 18.9 Å². The summed E-state index contributed by atoms with van der Waals surface area (Å²) in [6, 6.07) is 12.6. The van der Waals surface area contributed by atoms with Crippen LogP contribution >= 0.6 is 8.25 Å². The largest absolute Gasteiger partial charge is 0.489 e. The lowest BCUT2D eigenvalue weighted by Crippen LogP contribution is -2.37. The van der Waals surface area contributed by atoms with Gasteiger partial charge in [0.2, 0.25) is 0 Å². The summed E-state index contributed by atoms with van der Waals surface area (Å²) in [5.74, 6) is 1.12. The average molecular weight is 753 g/mol. The number of ether oxygens (including phenoxy) is 2. The van der Waals surface area contributed by atoms with Gasteiger partial charge >= 0.3 is 13.9 Å². The minimum atomic E-state index is -3.51. The molecule has 1 aliphatic rings. The van der Waals surface area contributed by atoms with E-state index in [1.807, 2.05) is 28.8 Å². The molecule has 17 nitrogen and oxygen atoms in total. The Morgan fingerprint density at radius 1 is 1.19 bits per heavy atom. The lowest BCUT2D eigenvalue weighted by Gasteiger charge is -2.21. The topological polar surface area (TPSA) is 221 Å². The number of nitrogens with zero attached hydrogens (tertiary/aromatic N) is 7. The second kappa shape index (κ2) is 17.3. The molecule has 4 aromatic rings. The third-order valence-electron chi connectivity index (χ3n) is 8.79. The number of nitrogens with two attached hydrogens (primary N) is 1. The maximum absolute atomic E-state index is 14.1. The predicted octanol–water partition coefficient (Wildman–Crippen LogP) is 2.39. The van der Waals surface area contributed by atoms with Gasteiger partial charge in [0.25, 0.3) is 5.91 Å². The average Bonchev–Trinajstić information content (AvgIpc) is 3.66. The number of hydrogen-bond donors (Lipinski definition) is 4. The molecule has 3 aromatic heterocycles. The Bertz CT molecular complexity index is 1990. The number of pyridine rings is 1. The number of carbonyl (C=O) groups excluding carboxylic acids is 1. The molecule has 1 unspecified atom stereocenters. The van der Waals surface area contributed by atoms with E-state index in [0.29, 0.717) is 41.7 Å². The number of imidazole rings is 1. The summed E-state index contributed by atoms with van der Waals surface area (Å²) in [6.07, 6.45) is -0.419. The number of carbonyl (C=O) groups is 1. The van der Waals surface area contributed by atoms with Gasteiger partial charge in [0.15, 0.2) is 17.7 Å². The van der Waals surface area contributed by atoms with Crippen LogP contribution in [-0.4, -0.2) is 102 Å². The van der Waals surface area contributed by atoms with E-state index in [1.54, 1.807) is 42.2 Å². The van der Waals surface area contributed by atoms with E-state index < -0.39 is 38.5 Å². The summed E-state index contributed by atoms with van der Waals surface area (Å²) >= 11 is 0. The molecule has 1 amide bonds. The molecule has 0 aliphatic carbocycles. The van der Waals surface area contributed by atoms with Crippen LogP contribution in [0.2, 0.25) is 0 Å². The van der Waals surface area contributed by atoms with Gasteiger partial charge in [-0.05, 0) is 42.3 Å². The Morgan fingerprint density at radius 2 is 1.94 bits per heavy atom. The molecule has 0 saturated carbocycles. The van der Waals surface area contributed by atoms with Crippen LogP contribution in [0.4, 0.5) is 11.6 Å². The fourth-order valence-electron chi connectivity index (χ4n) is 6.03. The minimum absolute atomic E-state index is 0.0230. The molecule has 5 atom stereocenters. The Kier molecular flexibility index (Phi) is 12.8. The van der Waals surface area contributed by atoms with Crippen LogP contribution in [0.1, 0.15) is 54.2 Å². The monoisotopic (exact) mass is 752 g/mol. The first kappa shape index (κ1) is 39.3. The lowest BCUT2D eigenvalue weighted by molar-refractivity contribution is -0.0511. The molecule has 53 heavy (non-hydrogen) atoms. The zero-order valence-corrected chi connectivity index (χ0v) is 30.9. The summed E-state index contributed by atoms with van der Waals surface area (Å²) in [5, 5.41) is 20.3. The number of aliphatic hydroxyl groups excluding tert-OH is 2. The van der Waals surface area contributed by atoms with Gasteiger partial charge in [0.05, 0.1) is 18.4 Å². The highest BCUT2D eigenvalue weighted by Gasteiger charge is 2.47. The van der Waals surface area contributed by atoms with Crippen molar-refractivity contribution < 1.29 is 38.5 Å². The second-order valence-electron chi connectivity index (χ2n) is 12.8. The molecule has 1 fully saturated rings. The number of anilines is 2. The van der Waals surface area contributed by atoms with Gasteiger partial charge in [-0.15, -0.1) is 0 Å². The Labute approximate surface area is 306 Å². The summed E-state index contributed by atoms with van der Waals surface area (Å²) in [7, 11) is -0.0711. The van der Waals surface area contributed by atoms with E-state index in [9.17, 15) is 29.3 Å². The van der Waals surface area contributed by atoms with E-state index in [2.05, 4.69) is 30.4 Å². The van der Waals surface area contributed by atoms with Crippen molar-refractivity contribution in [1.29, 1.82) is 0 Å². The first-order chi connectivity index (χ1) is 25.3. The molecular formula is C35H45N8O9P. The molecule has 284 valence electrons. The highest BCUT2D eigenvalue weighted by atomic mass is 31.1. The number of amides is 1. The van der Waals surface area contributed by atoms with E-state index >= 15 is 0 Å². The molecular weight excluding hydrogens is 707 g/mol. The van der Waals surface area contributed by atoms with Crippen molar-refractivity contribution in [2.45, 2.75) is 57.3 Å². The second-order valence-corrected chi connectivity index (χ2v) is 13.5. The highest BCUT2D eigenvalue weighted by Crippen LogP contribution is 2.37. The third-order valence-corrected chi connectivity index (χ3v) is 9.26. The van der Waals surface area contributed by atoms with E-state index in [0.717, 1.165) is 15.7 Å². The zero-order chi connectivity index (χ0) is 38.4. The first-order valence-corrected chi connectivity index (χ1v) is 18.2. The Morgan fingerprint density at radius 3 is 2.58 bits per heavy atom. The molecule has 0 radical (unpaired) electrons. The standard InChI is InChI=1S/C35H45N8O9P/c1-6-40(4)32-28(33(46)41(5)15-9-17-44)43(31(39-32)25-11-8-7-10-24(25)21(2)3)19-22-12-13-23(18-37-22)50-20-26-30(52-53(48)49)29(45)34(51-26)42-16-14-27(36)38-35(42)47/h6-8,10-14,16,18,21,26,29-30,34,44-45,53H,1,9,15,17,19-20H2,2-5H3,(H,48,49)(H2,36,38,47)/t26-,29-,30-,34-/m1/s1. The van der Waals surface area contributed by atoms with Crippen LogP contribution in [0.25, 0.3) is 11.4 Å². The molecule has 5 rings (SSSR count). The van der Waals surface area contributed by atoms with Gasteiger partial charge in [-0.1, -0.05) is 44.7 Å². The predicted molar refractivity (Wildman–Crippen MR) is 197 cm³/mol. The van der Waals surface area contributed by atoms with Crippen LogP contribution < -0.4 is 21.1 Å². The van der Waals surface area contributed by atoms with Crippen molar-refractivity contribution in [3.63, 3.8) is 0 Å². The van der Waals surface area contributed by atoms with Gasteiger partial charge in [-0.25, -0.2) is 9.78 Å². The Balaban J connectivity index is 1.44. The van der Waals surface area contributed by atoms with Crippen LogP contribution in [-0.2, 0) is 20.4 Å². The van der Waals surface area contributed by atoms with E-state index in [-0.39, 0.29) is 37.4 Å². The number of aromatic nitrogens is 5. The maximum atomic E-state index is 14.1. The van der Waals surface area contributed by atoms with Crippen molar-refractivity contribution in [2.75, 3.05) is 44.5 Å². The lowest BCUT2D eigenvalue weighted by atomic mass is 9.97. The highest BCUT2D eigenvalue weighted by molar-refractivity contribution is 7.32. The van der Waals surface area contributed by atoms with Crippen molar-refractivity contribution >= 4 is 25.8 Å². The van der Waals surface area contributed by atoms with Crippen molar-refractivity contribution in [1.82, 2.24) is 29.0 Å².